The highest BCUT2D eigenvalue weighted by atomic mass is 15.0. The van der Waals surface area contributed by atoms with Crippen LogP contribution in [0.2, 0.25) is 0 Å². The molecular formula is C45H30N4. The first-order chi connectivity index (χ1) is 24.3. The maximum absolute atomic E-state index is 5.08. The van der Waals surface area contributed by atoms with Crippen LogP contribution in [0.25, 0.3) is 83.9 Å². The number of hydrogen-bond donors (Lipinski definition) is 0. The minimum absolute atomic E-state index is 0.623. The van der Waals surface area contributed by atoms with Gasteiger partial charge in [-0.15, -0.1) is 0 Å². The highest BCUT2D eigenvalue weighted by molar-refractivity contribution is 6.10. The van der Waals surface area contributed by atoms with Gasteiger partial charge in [0.1, 0.15) is 0 Å². The Bertz CT molecular complexity index is 2480. The molecule has 7 aromatic carbocycles. The quantitative estimate of drug-likeness (QED) is 0.184. The third kappa shape index (κ3) is 5.16. The molecule has 0 saturated heterocycles. The molecule has 0 fully saturated rings. The first-order valence-corrected chi connectivity index (χ1v) is 16.5. The molecule has 0 aliphatic carbocycles. The number of nitrogens with zero attached hydrogens (tertiary/aromatic N) is 4. The summed E-state index contributed by atoms with van der Waals surface area (Å²) in [5, 5.41) is 2.42. The molecule has 230 valence electrons. The van der Waals surface area contributed by atoms with Crippen molar-refractivity contribution in [1.29, 1.82) is 0 Å². The van der Waals surface area contributed by atoms with Gasteiger partial charge in [0.15, 0.2) is 17.5 Å². The smallest absolute Gasteiger partial charge is 0.164 e. The largest absolute Gasteiger partial charge is 0.309 e. The molecule has 49 heavy (non-hydrogen) atoms. The van der Waals surface area contributed by atoms with E-state index in [0.717, 1.165) is 44.5 Å². The Labute approximate surface area is 284 Å². The molecule has 0 radical (unpaired) electrons. The Balaban J connectivity index is 1.34. The van der Waals surface area contributed by atoms with Crippen molar-refractivity contribution in [3.05, 3.63) is 182 Å². The molecular weight excluding hydrogens is 597 g/mol. The standard InChI is InChI=1S/C45H30N4/c1-4-16-31(17-5-1)35-22-10-11-23-36(35)39-29-28-34(30-42(39)49-40-26-14-12-24-37(40)38-25-13-15-27-41(38)49)45-47-43(32-18-6-2-7-19-32)46-44(48-45)33-20-8-3-9-21-33/h1-30H. The number of hydrogen-bond acceptors (Lipinski definition) is 3. The fraction of sp³-hybridized carbons (Fsp3) is 0. The van der Waals surface area contributed by atoms with Gasteiger partial charge >= 0.3 is 0 Å². The van der Waals surface area contributed by atoms with Gasteiger partial charge in [-0.05, 0) is 34.9 Å². The first kappa shape index (κ1) is 28.6. The Morgan fingerprint density at radius 1 is 0.306 bits per heavy atom. The van der Waals surface area contributed by atoms with E-state index < -0.39 is 0 Å². The molecule has 0 aliphatic rings. The van der Waals surface area contributed by atoms with Crippen LogP contribution in [-0.4, -0.2) is 19.5 Å². The fourth-order valence-electron chi connectivity index (χ4n) is 6.79. The van der Waals surface area contributed by atoms with E-state index in [-0.39, 0.29) is 0 Å². The lowest BCUT2D eigenvalue weighted by atomic mass is 9.92. The van der Waals surface area contributed by atoms with Gasteiger partial charge in [-0.2, -0.15) is 0 Å². The summed E-state index contributed by atoms with van der Waals surface area (Å²) in [4.78, 5) is 15.1. The van der Waals surface area contributed by atoms with Crippen molar-refractivity contribution >= 4 is 21.8 Å². The normalized spacial score (nSPS) is 11.3. The topological polar surface area (TPSA) is 43.6 Å². The van der Waals surface area contributed by atoms with Gasteiger partial charge in [0.2, 0.25) is 0 Å². The second-order valence-corrected chi connectivity index (χ2v) is 12.1. The molecule has 0 spiro atoms. The van der Waals surface area contributed by atoms with Gasteiger partial charge in [0.25, 0.3) is 0 Å². The van der Waals surface area contributed by atoms with E-state index in [1.54, 1.807) is 0 Å². The zero-order valence-corrected chi connectivity index (χ0v) is 26.6. The second-order valence-electron chi connectivity index (χ2n) is 12.1. The third-order valence-corrected chi connectivity index (χ3v) is 9.08. The molecule has 4 nitrogen and oxygen atoms in total. The van der Waals surface area contributed by atoms with Gasteiger partial charge < -0.3 is 4.57 Å². The molecule has 2 heterocycles. The average molecular weight is 627 g/mol. The van der Waals surface area contributed by atoms with Crippen molar-refractivity contribution in [2.24, 2.45) is 0 Å². The molecule has 0 unspecified atom stereocenters. The zero-order valence-electron chi connectivity index (χ0n) is 26.6. The Morgan fingerprint density at radius 3 is 1.29 bits per heavy atom. The van der Waals surface area contributed by atoms with Gasteiger partial charge in [-0.25, -0.2) is 15.0 Å². The van der Waals surface area contributed by atoms with E-state index in [0.29, 0.717) is 17.5 Å². The van der Waals surface area contributed by atoms with E-state index in [1.807, 2.05) is 60.7 Å². The summed E-state index contributed by atoms with van der Waals surface area (Å²) in [6.45, 7) is 0. The summed E-state index contributed by atoms with van der Waals surface area (Å²) in [5.41, 5.74) is 10.8. The second kappa shape index (κ2) is 12.2. The number of benzene rings is 7. The number of para-hydroxylation sites is 2. The molecule has 9 rings (SSSR count). The summed E-state index contributed by atoms with van der Waals surface area (Å²) in [5.74, 6) is 1.90. The van der Waals surface area contributed by atoms with E-state index >= 15 is 0 Å². The van der Waals surface area contributed by atoms with Crippen LogP contribution in [0.1, 0.15) is 0 Å². The molecule has 9 aromatic rings. The van der Waals surface area contributed by atoms with Crippen LogP contribution in [0.5, 0.6) is 0 Å². The minimum atomic E-state index is 0.623. The summed E-state index contributed by atoms with van der Waals surface area (Å²) in [6, 6.07) is 63.4. The van der Waals surface area contributed by atoms with Crippen molar-refractivity contribution in [2.75, 3.05) is 0 Å². The minimum Gasteiger partial charge on any atom is -0.309 e. The van der Waals surface area contributed by atoms with Crippen LogP contribution < -0.4 is 0 Å². The SMILES string of the molecule is c1ccc(-c2nc(-c3ccccc3)nc(-c3ccc(-c4ccccc4-c4ccccc4)c(-n4c5ccccc5c5ccccc54)c3)n2)cc1. The van der Waals surface area contributed by atoms with Crippen LogP contribution in [0, 0.1) is 0 Å². The van der Waals surface area contributed by atoms with E-state index in [2.05, 4.69) is 126 Å². The number of fused-ring (bicyclic) bond motifs is 3. The van der Waals surface area contributed by atoms with Crippen LogP contribution in [0.4, 0.5) is 0 Å². The molecule has 2 aromatic heterocycles. The van der Waals surface area contributed by atoms with E-state index in [9.17, 15) is 0 Å². The van der Waals surface area contributed by atoms with Crippen LogP contribution in [-0.2, 0) is 0 Å². The van der Waals surface area contributed by atoms with Crippen molar-refractivity contribution in [2.45, 2.75) is 0 Å². The lowest BCUT2D eigenvalue weighted by Crippen LogP contribution is -2.02. The van der Waals surface area contributed by atoms with Crippen molar-refractivity contribution < 1.29 is 0 Å². The summed E-state index contributed by atoms with van der Waals surface area (Å²) < 4.78 is 2.39. The molecule has 0 atom stereocenters. The predicted octanol–water partition coefficient (Wildman–Crippen LogP) is 11.3. The summed E-state index contributed by atoms with van der Waals surface area (Å²) >= 11 is 0. The van der Waals surface area contributed by atoms with Crippen LogP contribution in [0.3, 0.4) is 0 Å². The third-order valence-electron chi connectivity index (χ3n) is 9.08. The molecule has 0 N–H and O–H groups in total. The fourth-order valence-corrected chi connectivity index (χ4v) is 6.79. The lowest BCUT2D eigenvalue weighted by Gasteiger charge is -2.18. The predicted molar refractivity (Wildman–Crippen MR) is 201 cm³/mol. The monoisotopic (exact) mass is 626 g/mol. The highest BCUT2D eigenvalue weighted by Gasteiger charge is 2.20. The average Bonchev–Trinajstić information content (AvgIpc) is 3.53. The van der Waals surface area contributed by atoms with Gasteiger partial charge in [-0.1, -0.05) is 164 Å². The van der Waals surface area contributed by atoms with Gasteiger partial charge in [0, 0.05) is 33.0 Å². The van der Waals surface area contributed by atoms with Gasteiger partial charge in [0.05, 0.1) is 16.7 Å². The van der Waals surface area contributed by atoms with Crippen LogP contribution >= 0.6 is 0 Å². The van der Waals surface area contributed by atoms with E-state index in [1.165, 1.54) is 21.9 Å². The maximum atomic E-state index is 5.08. The Kier molecular flexibility index (Phi) is 7.10. The molecule has 4 heteroatoms. The molecule has 0 aliphatic heterocycles. The van der Waals surface area contributed by atoms with Crippen molar-refractivity contribution in [1.82, 2.24) is 19.5 Å². The summed E-state index contributed by atoms with van der Waals surface area (Å²) in [7, 11) is 0. The number of rotatable bonds is 6. The summed E-state index contributed by atoms with van der Waals surface area (Å²) in [6.07, 6.45) is 0. The molecule has 0 amide bonds. The lowest BCUT2D eigenvalue weighted by molar-refractivity contribution is 1.07. The van der Waals surface area contributed by atoms with E-state index in [4.69, 9.17) is 15.0 Å². The van der Waals surface area contributed by atoms with Crippen molar-refractivity contribution in [3.8, 4) is 62.1 Å². The Morgan fingerprint density at radius 2 is 0.735 bits per heavy atom. The molecule has 0 saturated carbocycles. The van der Waals surface area contributed by atoms with Gasteiger partial charge in [-0.3, -0.25) is 0 Å². The highest BCUT2D eigenvalue weighted by Crippen LogP contribution is 2.41. The van der Waals surface area contributed by atoms with Crippen LogP contribution in [0.15, 0.2) is 182 Å². The number of aromatic nitrogens is 4. The Hall–Kier alpha value is -6.65. The first-order valence-electron chi connectivity index (χ1n) is 16.5. The zero-order chi connectivity index (χ0) is 32.6. The maximum Gasteiger partial charge on any atom is 0.164 e. The molecule has 0 bridgehead atoms. The van der Waals surface area contributed by atoms with Crippen molar-refractivity contribution in [3.63, 3.8) is 0 Å².